The van der Waals surface area contributed by atoms with Crippen LogP contribution in [0.25, 0.3) is 0 Å². The molecule has 0 aromatic heterocycles. The van der Waals surface area contributed by atoms with Crippen LogP contribution in [0.1, 0.15) is 76.2 Å². The van der Waals surface area contributed by atoms with Crippen LogP contribution in [0, 0.1) is 5.92 Å². The maximum absolute atomic E-state index is 10.6. The molecule has 1 aromatic carbocycles. The Bertz CT molecular complexity index is 570. The van der Waals surface area contributed by atoms with E-state index in [0.717, 1.165) is 50.6 Å². The predicted molar refractivity (Wildman–Crippen MR) is 108 cm³/mol. The average Bonchev–Trinajstić information content (AvgIpc) is 2.69. The van der Waals surface area contributed by atoms with Crippen molar-refractivity contribution in [2.45, 2.75) is 76.7 Å². The van der Waals surface area contributed by atoms with Gasteiger partial charge >= 0.3 is 5.97 Å². The van der Waals surface area contributed by atoms with Crippen LogP contribution in [0.4, 0.5) is 0 Å². The lowest BCUT2D eigenvalue weighted by Gasteiger charge is -2.32. The minimum Gasteiger partial charge on any atom is -0.490 e. The summed E-state index contributed by atoms with van der Waals surface area (Å²) in [5.74, 6) is 1.85. The Morgan fingerprint density at radius 3 is 2.33 bits per heavy atom. The van der Waals surface area contributed by atoms with Crippen molar-refractivity contribution in [2.75, 3.05) is 19.6 Å². The van der Waals surface area contributed by atoms with Gasteiger partial charge in [0.1, 0.15) is 5.75 Å². The van der Waals surface area contributed by atoms with Gasteiger partial charge in [-0.1, -0.05) is 25.5 Å². The van der Waals surface area contributed by atoms with Crippen LogP contribution in [-0.2, 0) is 4.79 Å². The Labute approximate surface area is 163 Å². The van der Waals surface area contributed by atoms with Gasteiger partial charge in [-0.3, -0.25) is 4.79 Å². The van der Waals surface area contributed by atoms with Crippen LogP contribution in [0.15, 0.2) is 24.3 Å². The third-order valence-electron chi connectivity index (χ3n) is 6.48. The van der Waals surface area contributed by atoms with E-state index in [1.807, 2.05) is 0 Å². The third-order valence-corrected chi connectivity index (χ3v) is 6.48. The Kier molecular flexibility index (Phi) is 7.57. The first-order valence-corrected chi connectivity index (χ1v) is 10.8. The Balaban J connectivity index is 1.41. The number of ether oxygens (including phenoxy) is 1. The van der Waals surface area contributed by atoms with E-state index < -0.39 is 5.97 Å². The van der Waals surface area contributed by atoms with Crippen molar-refractivity contribution in [1.82, 2.24) is 4.90 Å². The number of carbonyl (C=O) groups is 1. The van der Waals surface area contributed by atoms with Crippen LogP contribution in [-0.4, -0.2) is 41.7 Å². The van der Waals surface area contributed by atoms with Gasteiger partial charge in [0.2, 0.25) is 0 Å². The number of hydrogen-bond acceptors (Lipinski definition) is 3. The Morgan fingerprint density at radius 1 is 1.07 bits per heavy atom. The summed E-state index contributed by atoms with van der Waals surface area (Å²) in [6, 6.07) is 8.80. The molecular weight excluding hydrogens is 338 g/mol. The second-order valence-corrected chi connectivity index (χ2v) is 8.35. The van der Waals surface area contributed by atoms with Crippen LogP contribution in [0.2, 0.25) is 0 Å². The number of carboxylic acid groups (broad SMARTS) is 1. The van der Waals surface area contributed by atoms with Crippen molar-refractivity contribution in [2.24, 2.45) is 5.92 Å². The average molecular weight is 374 g/mol. The molecule has 2 fully saturated rings. The minimum atomic E-state index is -0.689. The van der Waals surface area contributed by atoms with E-state index in [-0.39, 0.29) is 6.42 Å². The Hall–Kier alpha value is -1.55. The molecule has 0 amide bonds. The van der Waals surface area contributed by atoms with Gasteiger partial charge in [0, 0.05) is 6.42 Å². The highest BCUT2D eigenvalue weighted by Gasteiger charge is 2.22. The number of carboxylic acids is 1. The van der Waals surface area contributed by atoms with Gasteiger partial charge in [-0.15, -0.1) is 0 Å². The molecule has 1 aliphatic carbocycles. The van der Waals surface area contributed by atoms with Crippen molar-refractivity contribution in [3.8, 4) is 5.75 Å². The van der Waals surface area contributed by atoms with Crippen molar-refractivity contribution in [3.05, 3.63) is 29.8 Å². The second-order valence-electron chi connectivity index (χ2n) is 8.35. The summed E-state index contributed by atoms with van der Waals surface area (Å²) >= 11 is 0. The van der Waals surface area contributed by atoms with E-state index in [1.54, 1.807) is 0 Å². The quantitative estimate of drug-likeness (QED) is 0.690. The second kappa shape index (κ2) is 10.1. The minimum absolute atomic E-state index is 0.279. The summed E-state index contributed by atoms with van der Waals surface area (Å²) in [5, 5.41) is 8.75. The van der Waals surface area contributed by atoms with Gasteiger partial charge in [-0.2, -0.15) is 0 Å². The molecule has 0 atom stereocenters. The lowest BCUT2D eigenvalue weighted by Crippen LogP contribution is -2.33. The molecule has 4 heteroatoms. The molecule has 1 N–H and O–H groups in total. The van der Waals surface area contributed by atoms with Crippen LogP contribution >= 0.6 is 0 Å². The highest BCUT2D eigenvalue weighted by molar-refractivity contribution is 5.66. The van der Waals surface area contributed by atoms with Gasteiger partial charge in [0.05, 0.1) is 6.10 Å². The molecular formula is C23H35NO3. The molecule has 150 valence electrons. The van der Waals surface area contributed by atoms with Crippen molar-refractivity contribution in [3.63, 3.8) is 0 Å². The van der Waals surface area contributed by atoms with Crippen molar-refractivity contribution < 1.29 is 14.6 Å². The van der Waals surface area contributed by atoms with Gasteiger partial charge in [0.15, 0.2) is 0 Å². The maximum Gasteiger partial charge on any atom is 0.303 e. The first-order valence-electron chi connectivity index (χ1n) is 10.8. The molecule has 1 heterocycles. The lowest BCUT2D eigenvalue weighted by molar-refractivity contribution is -0.137. The number of rotatable bonds is 8. The molecule has 3 rings (SSSR count). The number of nitrogens with zero attached hydrogens (tertiary/aromatic N) is 1. The molecule has 2 aliphatic rings. The molecule has 0 radical (unpaired) electrons. The normalized spacial score (nSPS) is 24.6. The summed E-state index contributed by atoms with van der Waals surface area (Å²) in [7, 11) is 0. The van der Waals surface area contributed by atoms with Gasteiger partial charge in [-0.05, 0) is 94.1 Å². The molecule has 0 bridgehead atoms. The highest BCUT2D eigenvalue weighted by atomic mass is 16.5. The van der Waals surface area contributed by atoms with Crippen LogP contribution in [0.5, 0.6) is 5.75 Å². The summed E-state index contributed by atoms with van der Waals surface area (Å²) in [5.41, 5.74) is 1.42. The summed E-state index contributed by atoms with van der Waals surface area (Å²) < 4.78 is 6.21. The molecule has 1 aliphatic heterocycles. The molecule has 4 nitrogen and oxygen atoms in total. The zero-order chi connectivity index (χ0) is 19.1. The topological polar surface area (TPSA) is 49.8 Å². The van der Waals surface area contributed by atoms with E-state index in [4.69, 9.17) is 9.84 Å². The van der Waals surface area contributed by atoms with E-state index in [0.29, 0.717) is 12.0 Å². The Morgan fingerprint density at radius 2 is 1.74 bits per heavy atom. The standard InChI is InChI=1S/C23H35NO3/c1-2-18-5-9-21(10-6-18)27-22-11-7-19(8-12-22)20-13-16-24(17-14-20)15-3-4-23(25)26/h7-8,11-12,18,20-21H,2-6,9-10,13-17H2,1H3,(H,25,26)/t18-,21-. The van der Waals surface area contributed by atoms with E-state index in [9.17, 15) is 4.79 Å². The highest BCUT2D eigenvalue weighted by Crippen LogP contribution is 2.32. The first-order chi connectivity index (χ1) is 13.1. The summed E-state index contributed by atoms with van der Waals surface area (Å²) in [4.78, 5) is 13.0. The molecule has 0 unspecified atom stereocenters. The van der Waals surface area contributed by atoms with Gasteiger partial charge < -0.3 is 14.7 Å². The largest absolute Gasteiger partial charge is 0.490 e. The number of hydrogen-bond donors (Lipinski definition) is 1. The number of benzene rings is 1. The number of aliphatic carboxylic acids is 1. The summed E-state index contributed by atoms with van der Waals surface area (Å²) in [6.45, 7) is 5.35. The SMILES string of the molecule is CC[C@H]1CC[C@H](Oc2ccc(C3CCN(CCCC(=O)O)CC3)cc2)CC1. The zero-order valence-electron chi connectivity index (χ0n) is 16.7. The fourth-order valence-corrected chi connectivity index (χ4v) is 4.61. The molecule has 1 saturated heterocycles. The monoisotopic (exact) mass is 373 g/mol. The van der Waals surface area contributed by atoms with Gasteiger partial charge in [0.25, 0.3) is 0 Å². The first kappa shape index (κ1) is 20.2. The molecule has 27 heavy (non-hydrogen) atoms. The van der Waals surface area contributed by atoms with Crippen molar-refractivity contribution in [1.29, 1.82) is 0 Å². The molecule has 1 aromatic rings. The number of likely N-dealkylation sites (tertiary alicyclic amines) is 1. The fraction of sp³-hybridized carbons (Fsp3) is 0.696. The van der Waals surface area contributed by atoms with Gasteiger partial charge in [-0.25, -0.2) is 0 Å². The maximum atomic E-state index is 10.6. The van der Waals surface area contributed by atoms with Crippen molar-refractivity contribution >= 4 is 5.97 Å². The van der Waals surface area contributed by atoms with Crippen LogP contribution in [0.3, 0.4) is 0 Å². The van der Waals surface area contributed by atoms with Crippen LogP contribution < -0.4 is 4.74 Å². The summed E-state index contributed by atoms with van der Waals surface area (Å²) in [6.07, 6.45) is 10.1. The number of piperidine rings is 1. The van der Waals surface area contributed by atoms with E-state index in [2.05, 4.69) is 36.1 Å². The predicted octanol–water partition coefficient (Wildman–Crippen LogP) is 5.08. The van der Waals surface area contributed by atoms with E-state index in [1.165, 1.54) is 37.7 Å². The van der Waals surface area contributed by atoms with E-state index >= 15 is 0 Å². The lowest BCUT2D eigenvalue weighted by atomic mass is 9.86. The third kappa shape index (κ3) is 6.24. The zero-order valence-corrected chi connectivity index (χ0v) is 16.7. The molecule has 1 saturated carbocycles. The fourth-order valence-electron chi connectivity index (χ4n) is 4.61. The molecule has 0 spiro atoms. The smallest absolute Gasteiger partial charge is 0.303 e.